The van der Waals surface area contributed by atoms with E-state index in [9.17, 15) is 5.11 Å². The standard InChI is InChI=1S/C23H45NO/c1-4-5-6-7-8-9-10-11-12-13-14-15-16-17-18-19-20-21-23(25)22-24(2)3/h8-9,11-12,23,25H,4-7,10,13-22H2,1-3H3/b9-8-,12-11-. The molecule has 0 aromatic carbocycles. The van der Waals surface area contributed by atoms with Gasteiger partial charge in [-0.25, -0.2) is 0 Å². The topological polar surface area (TPSA) is 23.5 Å². The molecular formula is C23H45NO. The van der Waals surface area contributed by atoms with E-state index in [1.165, 1.54) is 77.0 Å². The first-order chi connectivity index (χ1) is 12.2. The molecule has 0 heterocycles. The summed E-state index contributed by atoms with van der Waals surface area (Å²) in [7, 11) is 4.04. The van der Waals surface area contributed by atoms with Crippen molar-refractivity contribution in [3.63, 3.8) is 0 Å². The van der Waals surface area contributed by atoms with Crippen LogP contribution in [0.1, 0.15) is 96.8 Å². The highest BCUT2D eigenvalue weighted by molar-refractivity contribution is 4.92. The quantitative estimate of drug-likeness (QED) is 0.225. The van der Waals surface area contributed by atoms with Gasteiger partial charge in [-0.3, -0.25) is 0 Å². The van der Waals surface area contributed by atoms with E-state index in [1.54, 1.807) is 0 Å². The van der Waals surface area contributed by atoms with Crippen LogP contribution < -0.4 is 0 Å². The van der Waals surface area contributed by atoms with Crippen LogP contribution in [0.15, 0.2) is 24.3 Å². The number of hydrogen-bond donors (Lipinski definition) is 1. The first-order valence-electron chi connectivity index (χ1n) is 10.8. The molecule has 0 amide bonds. The maximum absolute atomic E-state index is 9.79. The first-order valence-corrected chi connectivity index (χ1v) is 10.8. The van der Waals surface area contributed by atoms with Crippen LogP contribution in [-0.2, 0) is 0 Å². The van der Waals surface area contributed by atoms with Crippen molar-refractivity contribution in [2.45, 2.75) is 103 Å². The monoisotopic (exact) mass is 351 g/mol. The van der Waals surface area contributed by atoms with E-state index in [2.05, 4.69) is 36.1 Å². The van der Waals surface area contributed by atoms with Crippen molar-refractivity contribution in [1.29, 1.82) is 0 Å². The van der Waals surface area contributed by atoms with Crippen LogP contribution in [0.25, 0.3) is 0 Å². The number of rotatable bonds is 18. The highest BCUT2D eigenvalue weighted by Crippen LogP contribution is 2.11. The lowest BCUT2D eigenvalue weighted by Crippen LogP contribution is -2.25. The average Bonchev–Trinajstić information content (AvgIpc) is 2.57. The van der Waals surface area contributed by atoms with Gasteiger partial charge < -0.3 is 10.0 Å². The van der Waals surface area contributed by atoms with Crippen LogP contribution in [0, 0.1) is 0 Å². The zero-order valence-corrected chi connectivity index (χ0v) is 17.4. The Balaban J connectivity index is 3.22. The number of aliphatic hydroxyl groups excluding tert-OH is 1. The molecule has 0 spiro atoms. The molecule has 0 fully saturated rings. The largest absolute Gasteiger partial charge is 0.392 e. The SMILES string of the molecule is CCCCC/C=C\C/C=C\CCCCCCCCCC(O)CN(C)C. The number of unbranched alkanes of at least 4 members (excludes halogenated alkanes) is 10. The minimum Gasteiger partial charge on any atom is -0.392 e. The van der Waals surface area contributed by atoms with Gasteiger partial charge in [0, 0.05) is 6.54 Å². The van der Waals surface area contributed by atoms with Crippen LogP contribution in [0.2, 0.25) is 0 Å². The fraction of sp³-hybridized carbons (Fsp3) is 0.826. The molecule has 0 saturated heterocycles. The van der Waals surface area contributed by atoms with E-state index >= 15 is 0 Å². The Labute approximate surface area is 158 Å². The maximum atomic E-state index is 9.79. The van der Waals surface area contributed by atoms with Crippen LogP contribution in [0.3, 0.4) is 0 Å². The fourth-order valence-corrected chi connectivity index (χ4v) is 3.06. The lowest BCUT2D eigenvalue weighted by atomic mass is 10.1. The van der Waals surface area contributed by atoms with E-state index in [4.69, 9.17) is 0 Å². The molecule has 0 bridgehead atoms. The van der Waals surface area contributed by atoms with Crippen LogP contribution >= 0.6 is 0 Å². The molecule has 1 atom stereocenters. The van der Waals surface area contributed by atoms with Crippen LogP contribution in [-0.4, -0.2) is 36.8 Å². The molecule has 0 aromatic heterocycles. The van der Waals surface area contributed by atoms with Crippen LogP contribution in [0.5, 0.6) is 0 Å². The van der Waals surface area contributed by atoms with Gasteiger partial charge >= 0.3 is 0 Å². The van der Waals surface area contributed by atoms with E-state index in [1.807, 2.05) is 14.1 Å². The van der Waals surface area contributed by atoms with Gasteiger partial charge in [0.15, 0.2) is 0 Å². The Morgan fingerprint density at radius 3 is 1.80 bits per heavy atom. The van der Waals surface area contributed by atoms with Gasteiger partial charge in [-0.05, 0) is 52.6 Å². The van der Waals surface area contributed by atoms with Gasteiger partial charge in [0.25, 0.3) is 0 Å². The van der Waals surface area contributed by atoms with Crippen molar-refractivity contribution in [2.75, 3.05) is 20.6 Å². The second-order valence-corrected chi connectivity index (χ2v) is 7.64. The molecular weight excluding hydrogens is 306 g/mol. The molecule has 0 rings (SSSR count). The number of likely N-dealkylation sites (N-methyl/N-ethyl adjacent to an activating group) is 1. The van der Waals surface area contributed by atoms with Gasteiger partial charge in [0.2, 0.25) is 0 Å². The van der Waals surface area contributed by atoms with Crippen molar-refractivity contribution in [3.8, 4) is 0 Å². The fourth-order valence-electron chi connectivity index (χ4n) is 3.06. The highest BCUT2D eigenvalue weighted by atomic mass is 16.3. The molecule has 0 radical (unpaired) electrons. The summed E-state index contributed by atoms with van der Waals surface area (Å²) in [6, 6.07) is 0. The Hall–Kier alpha value is -0.600. The summed E-state index contributed by atoms with van der Waals surface area (Å²) in [6.45, 7) is 3.05. The molecule has 0 aliphatic heterocycles. The average molecular weight is 352 g/mol. The molecule has 1 unspecified atom stereocenters. The van der Waals surface area contributed by atoms with Gasteiger partial charge in [0.1, 0.15) is 0 Å². The van der Waals surface area contributed by atoms with Crippen LogP contribution in [0.4, 0.5) is 0 Å². The third-order valence-electron chi connectivity index (χ3n) is 4.56. The van der Waals surface area contributed by atoms with E-state index in [-0.39, 0.29) is 6.10 Å². The van der Waals surface area contributed by atoms with Crippen molar-refractivity contribution in [3.05, 3.63) is 24.3 Å². The number of aliphatic hydroxyl groups is 1. The van der Waals surface area contributed by atoms with E-state index < -0.39 is 0 Å². The Morgan fingerprint density at radius 1 is 0.720 bits per heavy atom. The normalized spacial score (nSPS) is 13.5. The summed E-state index contributed by atoms with van der Waals surface area (Å²) < 4.78 is 0. The highest BCUT2D eigenvalue weighted by Gasteiger charge is 2.04. The maximum Gasteiger partial charge on any atom is 0.0666 e. The summed E-state index contributed by atoms with van der Waals surface area (Å²) in [5, 5.41) is 9.79. The Morgan fingerprint density at radius 2 is 1.24 bits per heavy atom. The summed E-state index contributed by atoms with van der Waals surface area (Å²) in [4.78, 5) is 2.06. The van der Waals surface area contributed by atoms with Gasteiger partial charge in [-0.2, -0.15) is 0 Å². The zero-order chi connectivity index (χ0) is 18.6. The zero-order valence-electron chi connectivity index (χ0n) is 17.4. The summed E-state index contributed by atoms with van der Waals surface area (Å²) in [5.41, 5.74) is 0. The Kier molecular flexibility index (Phi) is 19.2. The molecule has 2 nitrogen and oxygen atoms in total. The molecule has 25 heavy (non-hydrogen) atoms. The minimum absolute atomic E-state index is 0.145. The third kappa shape index (κ3) is 21.4. The molecule has 0 aliphatic carbocycles. The second kappa shape index (κ2) is 19.7. The van der Waals surface area contributed by atoms with Crippen molar-refractivity contribution >= 4 is 0 Å². The first kappa shape index (κ1) is 24.4. The molecule has 1 N–H and O–H groups in total. The third-order valence-corrected chi connectivity index (χ3v) is 4.56. The summed E-state index contributed by atoms with van der Waals surface area (Å²) in [5.74, 6) is 0. The number of allylic oxidation sites excluding steroid dienone is 4. The predicted molar refractivity (Wildman–Crippen MR) is 113 cm³/mol. The van der Waals surface area contributed by atoms with Gasteiger partial charge in [-0.15, -0.1) is 0 Å². The number of hydrogen-bond acceptors (Lipinski definition) is 2. The van der Waals surface area contributed by atoms with E-state index in [0.717, 1.165) is 19.4 Å². The molecule has 2 heteroatoms. The second-order valence-electron chi connectivity index (χ2n) is 7.64. The number of nitrogens with zero attached hydrogens (tertiary/aromatic N) is 1. The van der Waals surface area contributed by atoms with Gasteiger partial charge in [0.05, 0.1) is 6.10 Å². The van der Waals surface area contributed by atoms with Crippen molar-refractivity contribution < 1.29 is 5.11 Å². The Bertz CT molecular complexity index is 309. The van der Waals surface area contributed by atoms with Gasteiger partial charge in [-0.1, -0.05) is 82.6 Å². The summed E-state index contributed by atoms with van der Waals surface area (Å²) >= 11 is 0. The predicted octanol–water partition coefficient (Wildman–Crippen LogP) is 6.50. The molecule has 0 saturated carbocycles. The molecule has 0 aromatic rings. The van der Waals surface area contributed by atoms with Crippen molar-refractivity contribution in [1.82, 2.24) is 4.90 Å². The van der Waals surface area contributed by atoms with E-state index in [0.29, 0.717) is 0 Å². The summed E-state index contributed by atoms with van der Waals surface area (Å²) in [6.07, 6.45) is 26.9. The lowest BCUT2D eigenvalue weighted by molar-refractivity contribution is 0.125. The molecule has 0 aliphatic rings. The molecule has 148 valence electrons. The van der Waals surface area contributed by atoms with Crippen molar-refractivity contribution in [2.24, 2.45) is 0 Å². The lowest BCUT2D eigenvalue weighted by Gasteiger charge is -2.15. The minimum atomic E-state index is -0.145. The smallest absolute Gasteiger partial charge is 0.0666 e.